The lowest BCUT2D eigenvalue weighted by molar-refractivity contribution is -0.127. The Labute approximate surface area is 142 Å². The van der Waals surface area contributed by atoms with Crippen LogP contribution in [0.15, 0.2) is 54.9 Å². The van der Waals surface area contributed by atoms with Gasteiger partial charge in [0.05, 0.1) is 6.61 Å². The zero-order valence-corrected chi connectivity index (χ0v) is 13.9. The molecule has 0 bridgehead atoms. The molecule has 1 amide bonds. The molecule has 0 aliphatic heterocycles. The van der Waals surface area contributed by atoms with Crippen molar-refractivity contribution in [3.63, 3.8) is 0 Å². The van der Waals surface area contributed by atoms with Crippen molar-refractivity contribution in [2.45, 2.75) is 32.4 Å². The number of amides is 1. The first kappa shape index (κ1) is 16.2. The smallest absolute Gasteiger partial charge is 0.247 e. The fourth-order valence-electron chi connectivity index (χ4n) is 2.56. The molecular formula is C20H22N2O2. The largest absolute Gasteiger partial charge is 0.494 e. The van der Waals surface area contributed by atoms with E-state index in [1.165, 1.54) is 0 Å². The average Bonchev–Trinajstić information content (AvgIpc) is 3.45. The summed E-state index contributed by atoms with van der Waals surface area (Å²) in [5, 5.41) is 0. The molecule has 1 aromatic heterocycles. The van der Waals surface area contributed by atoms with Gasteiger partial charge in [-0.2, -0.15) is 0 Å². The van der Waals surface area contributed by atoms with Gasteiger partial charge in [-0.3, -0.25) is 9.78 Å². The minimum atomic E-state index is 0.0585. The van der Waals surface area contributed by atoms with Crippen LogP contribution in [0.3, 0.4) is 0 Å². The van der Waals surface area contributed by atoms with Gasteiger partial charge in [0.1, 0.15) is 5.75 Å². The van der Waals surface area contributed by atoms with E-state index in [0.717, 1.165) is 29.7 Å². The highest BCUT2D eigenvalue weighted by molar-refractivity contribution is 5.92. The van der Waals surface area contributed by atoms with E-state index in [9.17, 15) is 4.79 Å². The first-order valence-corrected chi connectivity index (χ1v) is 8.36. The van der Waals surface area contributed by atoms with Gasteiger partial charge in [-0.15, -0.1) is 0 Å². The molecule has 1 aliphatic carbocycles. The summed E-state index contributed by atoms with van der Waals surface area (Å²) in [6, 6.07) is 12.0. The second-order valence-corrected chi connectivity index (χ2v) is 5.89. The van der Waals surface area contributed by atoms with Crippen LogP contribution in [0.2, 0.25) is 0 Å². The van der Waals surface area contributed by atoms with Crippen LogP contribution in [0.4, 0.5) is 0 Å². The van der Waals surface area contributed by atoms with Crippen molar-refractivity contribution in [2.24, 2.45) is 0 Å². The van der Waals surface area contributed by atoms with Gasteiger partial charge in [0.2, 0.25) is 5.91 Å². The minimum Gasteiger partial charge on any atom is -0.494 e. The summed E-state index contributed by atoms with van der Waals surface area (Å²) in [6.45, 7) is 3.25. The van der Waals surface area contributed by atoms with Crippen molar-refractivity contribution in [2.75, 3.05) is 6.61 Å². The van der Waals surface area contributed by atoms with Crippen molar-refractivity contribution in [3.8, 4) is 5.75 Å². The number of aromatic nitrogens is 1. The highest BCUT2D eigenvalue weighted by Gasteiger charge is 2.31. The molecule has 0 saturated heterocycles. The summed E-state index contributed by atoms with van der Waals surface area (Å²) in [5.41, 5.74) is 2.10. The van der Waals surface area contributed by atoms with E-state index in [4.69, 9.17) is 4.74 Å². The summed E-state index contributed by atoms with van der Waals surface area (Å²) in [7, 11) is 0. The molecule has 1 saturated carbocycles. The van der Waals surface area contributed by atoms with E-state index >= 15 is 0 Å². The summed E-state index contributed by atoms with van der Waals surface area (Å²) in [5.74, 6) is 0.904. The fourth-order valence-corrected chi connectivity index (χ4v) is 2.56. The normalized spacial score (nSPS) is 13.9. The van der Waals surface area contributed by atoms with Crippen LogP contribution >= 0.6 is 0 Å². The lowest BCUT2D eigenvalue weighted by Gasteiger charge is -2.20. The van der Waals surface area contributed by atoms with Crippen LogP contribution in [-0.2, 0) is 11.3 Å². The highest BCUT2D eigenvalue weighted by atomic mass is 16.5. The molecule has 0 spiro atoms. The number of carbonyl (C=O) groups excluding carboxylic acids is 1. The molecule has 124 valence electrons. The summed E-state index contributed by atoms with van der Waals surface area (Å²) < 4.78 is 5.43. The van der Waals surface area contributed by atoms with Crippen LogP contribution in [-0.4, -0.2) is 28.4 Å². The predicted molar refractivity (Wildman–Crippen MR) is 94.5 cm³/mol. The van der Waals surface area contributed by atoms with Gasteiger partial charge in [-0.1, -0.05) is 12.1 Å². The van der Waals surface area contributed by atoms with Crippen molar-refractivity contribution in [1.29, 1.82) is 0 Å². The number of ether oxygens (including phenoxy) is 1. The number of carbonyl (C=O) groups is 1. The van der Waals surface area contributed by atoms with Crippen molar-refractivity contribution in [3.05, 3.63) is 66.0 Å². The topological polar surface area (TPSA) is 42.4 Å². The van der Waals surface area contributed by atoms with Crippen molar-refractivity contribution >= 4 is 12.0 Å². The third-order valence-electron chi connectivity index (χ3n) is 3.98. The zero-order valence-electron chi connectivity index (χ0n) is 13.9. The Morgan fingerprint density at radius 1 is 1.21 bits per heavy atom. The van der Waals surface area contributed by atoms with Crippen molar-refractivity contribution in [1.82, 2.24) is 9.88 Å². The fraction of sp³-hybridized carbons (Fsp3) is 0.300. The lowest BCUT2D eigenvalue weighted by Crippen LogP contribution is -2.31. The third kappa shape index (κ3) is 4.44. The number of rotatable bonds is 7. The summed E-state index contributed by atoms with van der Waals surface area (Å²) in [6.07, 6.45) is 9.23. The second-order valence-electron chi connectivity index (χ2n) is 5.89. The minimum absolute atomic E-state index is 0.0585. The Kier molecular flexibility index (Phi) is 5.26. The van der Waals surface area contributed by atoms with Gasteiger partial charge in [0, 0.05) is 31.1 Å². The molecule has 1 aromatic carbocycles. The first-order chi connectivity index (χ1) is 11.8. The molecule has 4 heteroatoms. The standard InChI is InChI=1S/C20H22N2O2/c1-2-24-19-8-3-16(4-9-19)5-10-20(23)22(18-6-7-18)15-17-11-13-21-14-12-17/h3-5,8-14,18H,2,6-7,15H2,1H3/b10-5+. The van der Waals surface area contributed by atoms with E-state index in [2.05, 4.69) is 4.98 Å². The van der Waals surface area contributed by atoms with Gasteiger partial charge >= 0.3 is 0 Å². The van der Waals surface area contributed by atoms with Gasteiger partial charge in [-0.25, -0.2) is 0 Å². The Morgan fingerprint density at radius 2 is 1.92 bits per heavy atom. The molecular weight excluding hydrogens is 300 g/mol. The van der Waals surface area contributed by atoms with Gasteiger partial charge in [0.15, 0.2) is 0 Å². The highest BCUT2D eigenvalue weighted by Crippen LogP contribution is 2.28. The van der Waals surface area contributed by atoms with Gasteiger partial charge in [-0.05, 0) is 61.2 Å². The summed E-state index contributed by atoms with van der Waals surface area (Å²) in [4.78, 5) is 18.5. The average molecular weight is 322 g/mol. The lowest BCUT2D eigenvalue weighted by atomic mass is 10.2. The Bertz CT molecular complexity index is 691. The van der Waals surface area contributed by atoms with Crippen LogP contribution in [0.1, 0.15) is 30.9 Å². The van der Waals surface area contributed by atoms with Gasteiger partial charge in [0.25, 0.3) is 0 Å². The Balaban J connectivity index is 1.64. The SMILES string of the molecule is CCOc1ccc(/C=C/C(=O)N(Cc2ccncc2)C2CC2)cc1. The number of hydrogen-bond acceptors (Lipinski definition) is 3. The van der Waals surface area contributed by atoms with Crippen LogP contribution in [0, 0.1) is 0 Å². The molecule has 4 nitrogen and oxygen atoms in total. The summed E-state index contributed by atoms with van der Waals surface area (Å²) >= 11 is 0. The maximum absolute atomic E-state index is 12.6. The molecule has 1 aliphatic rings. The molecule has 0 radical (unpaired) electrons. The molecule has 3 rings (SSSR count). The van der Waals surface area contributed by atoms with Crippen LogP contribution in [0.25, 0.3) is 6.08 Å². The maximum Gasteiger partial charge on any atom is 0.247 e. The Hall–Kier alpha value is -2.62. The molecule has 0 atom stereocenters. The number of benzene rings is 1. The zero-order chi connectivity index (χ0) is 16.8. The van der Waals surface area contributed by atoms with Crippen molar-refractivity contribution < 1.29 is 9.53 Å². The van der Waals surface area contributed by atoms with Gasteiger partial charge < -0.3 is 9.64 Å². The van der Waals surface area contributed by atoms with Crippen LogP contribution in [0.5, 0.6) is 5.75 Å². The third-order valence-corrected chi connectivity index (χ3v) is 3.98. The molecule has 0 N–H and O–H groups in total. The Morgan fingerprint density at radius 3 is 2.54 bits per heavy atom. The van der Waals surface area contributed by atoms with E-state index < -0.39 is 0 Å². The molecule has 1 heterocycles. The molecule has 1 fully saturated rings. The number of hydrogen-bond donors (Lipinski definition) is 0. The van der Waals surface area contributed by atoms with E-state index in [1.807, 2.05) is 54.3 Å². The molecule has 24 heavy (non-hydrogen) atoms. The van der Waals surface area contributed by atoms with E-state index in [0.29, 0.717) is 19.2 Å². The van der Waals surface area contributed by atoms with Crippen LogP contribution < -0.4 is 4.74 Å². The van der Waals surface area contributed by atoms with E-state index in [1.54, 1.807) is 18.5 Å². The monoisotopic (exact) mass is 322 g/mol. The number of pyridine rings is 1. The first-order valence-electron chi connectivity index (χ1n) is 8.36. The quantitative estimate of drug-likeness (QED) is 0.730. The predicted octanol–water partition coefficient (Wildman–Crippen LogP) is 3.68. The maximum atomic E-state index is 12.6. The van der Waals surface area contributed by atoms with E-state index in [-0.39, 0.29) is 5.91 Å². The second kappa shape index (κ2) is 7.77. The molecule has 0 unspecified atom stereocenters. The molecule has 2 aromatic rings. The number of nitrogens with zero attached hydrogens (tertiary/aromatic N) is 2.